The van der Waals surface area contributed by atoms with E-state index in [4.69, 9.17) is 5.11 Å². The number of carboxylic acids is 1. The van der Waals surface area contributed by atoms with Gasteiger partial charge in [0.25, 0.3) is 5.91 Å². The lowest BCUT2D eigenvalue weighted by Crippen LogP contribution is -2.38. The van der Waals surface area contributed by atoms with Crippen LogP contribution in [0.3, 0.4) is 0 Å². The fourth-order valence-electron chi connectivity index (χ4n) is 1.21. The zero-order chi connectivity index (χ0) is 14.8. The molecule has 104 valence electrons. The van der Waals surface area contributed by atoms with Gasteiger partial charge in [-0.1, -0.05) is 0 Å². The Morgan fingerprint density at radius 2 is 1.95 bits per heavy atom. The molecule has 0 saturated carbocycles. The average Bonchev–Trinajstić information content (AvgIpc) is 2.27. The van der Waals surface area contributed by atoms with Crippen LogP contribution in [0.1, 0.15) is 22.8 Å². The summed E-state index contributed by atoms with van der Waals surface area (Å²) < 4.78 is 37.7. The number of carbonyl (C=O) groups excluding carboxylic acids is 1. The molecular formula is C11H9BrF3NO3. The molecule has 0 aliphatic rings. The molecule has 0 unspecified atom stereocenters. The van der Waals surface area contributed by atoms with Crippen molar-refractivity contribution in [2.75, 3.05) is 0 Å². The smallest absolute Gasteiger partial charge is 0.416 e. The molecule has 4 nitrogen and oxygen atoms in total. The molecule has 1 rings (SSSR count). The van der Waals surface area contributed by atoms with Crippen molar-refractivity contribution in [3.05, 3.63) is 33.8 Å². The van der Waals surface area contributed by atoms with Crippen molar-refractivity contribution >= 4 is 27.8 Å². The Morgan fingerprint density at radius 1 is 1.37 bits per heavy atom. The number of carbonyl (C=O) groups is 2. The van der Waals surface area contributed by atoms with E-state index in [0.717, 1.165) is 12.1 Å². The molecule has 19 heavy (non-hydrogen) atoms. The zero-order valence-corrected chi connectivity index (χ0v) is 11.2. The Hall–Kier alpha value is -1.57. The third kappa shape index (κ3) is 3.95. The lowest BCUT2D eigenvalue weighted by Gasteiger charge is -2.12. The van der Waals surface area contributed by atoms with Gasteiger partial charge in [0.05, 0.1) is 11.1 Å². The first kappa shape index (κ1) is 15.5. The maximum atomic E-state index is 12.5. The number of rotatable bonds is 3. The number of hydrogen-bond acceptors (Lipinski definition) is 2. The van der Waals surface area contributed by atoms with E-state index >= 15 is 0 Å². The Kier molecular flexibility index (Phi) is 4.56. The van der Waals surface area contributed by atoms with E-state index in [9.17, 15) is 22.8 Å². The third-order valence-corrected chi connectivity index (χ3v) is 2.95. The van der Waals surface area contributed by atoms with Gasteiger partial charge in [-0.2, -0.15) is 13.2 Å². The molecule has 1 aromatic carbocycles. The minimum absolute atomic E-state index is 0.149. The first-order valence-electron chi connectivity index (χ1n) is 5.03. The van der Waals surface area contributed by atoms with Gasteiger partial charge in [-0.25, -0.2) is 0 Å². The second-order valence-electron chi connectivity index (χ2n) is 3.73. The number of aliphatic carboxylic acids is 1. The van der Waals surface area contributed by atoms with Crippen LogP contribution in [0.5, 0.6) is 0 Å². The molecule has 1 amide bonds. The van der Waals surface area contributed by atoms with Crippen LogP contribution >= 0.6 is 15.9 Å². The van der Waals surface area contributed by atoms with Crippen molar-refractivity contribution in [3.8, 4) is 0 Å². The summed E-state index contributed by atoms with van der Waals surface area (Å²) in [5, 5.41) is 10.7. The second kappa shape index (κ2) is 5.60. The topological polar surface area (TPSA) is 66.4 Å². The SMILES string of the molecule is C[C@@H](NC(=O)c1cc(C(F)(F)F)ccc1Br)C(=O)O. The summed E-state index contributed by atoms with van der Waals surface area (Å²) in [6.45, 7) is 1.21. The molecule has 0 heterocycles. The molecule has 2 N–H and O–H groups in total. The number of hydrogen-bond donors (Lipinski definition) is 2. The fourth-order valence-corrected chi connectivity index (χ4v) is 1.64. The minimum atomic E-state index is -4.58. The van der Waals surface area contributed by atoms with Gasteiger partial charge in [0, 0.05) is 4.47 Å². The van der Waals surface area contributed by atoms with Crippen LogP contribution in [-0.2, 0) is 11.0 Å². The number of benzene rings is 1. The highest BCUT2D eigenvalue weighted by Gasteiger charge is 2.31. The summed E-state index contributed by atoms with van der Waals surface area (Å²) in [5.41, 5.74) is -1.26. The maximum absolute atomic E-state index is 12.5. The largest absolute Gasteiger partial charge is 0.480 e. The Balaban J connectivity index is 3.06. The molecule has 0 saturated heterocycles. The summed E-state index contributed by atoms with van der Waals surface area (Å²) in [4.78, 5) is 22.3. The highest BCUT2D eigenvalue weighted by atomic mass is 79.9. The van der Waals surface area contributed by atoms with E-state index in [1.54, 1.807) is 0 Å². The standard InChI is InChI=1S/C11H9BrF3NO3/c1-5(10(18)19)16-9(17)7-4-6(11(13,14)15)2-3-8(7)12/h2-5H,1H3,(H,16,17)(H,18,19)/t5-/m1/s1. The number of halogens is 4. The van der Waals surface area contributed by atoms with Crippen LogP contribution in [0.15, 0.2) is 22.7 Å². The summed E-state index contributed by atoms with van der Waals surface area (Å²) in [5.74, 6) is -2.18. The first-order chi connectivity index (χ1) is 8.62. The monoisotopic (exact) mass is 339 g/mol. The van der Waals surface area contributed by atoms with E-state index in [2.05, 4.69) is 21.2 Å². The molecule has 0 spiro atoms. The molecule has 8 heteroatoms. The highest BCUT2D eigenvalue weighted by Crippen LogP contribution is 2.31. The lowest BCUT2D eigenvalue weighted by atomic mass is 10.1. The van der Waals surface area contributed by atoms with E-state index in [-0.39, 0.29) is 10.0 Å². The average molecular weight is 340 g/mol. The van der Waals surface area contributed by atoms with Crippen LogP contribution in [0.2, 0.25) is 0 Å². The van der Waals surface area contributed by atoms with Crippen molar-refractivity contribution in [1.82, 2.24) is 5.32 Å². The van der Waals surface area contributed by atoms with Crippen molar-refractivity contribution < 1.29 is 27.9 Å². The molecule has 0 fully saturated rings. The van der Waals surface area contributed by atoms with Crippen LogP contribution in [0.25, 0.3) is 0 Å². The van der Waals surface area contributed by atoms with E-state index in [0.29, 0.717) is 6.07 Å². The summed E-state index contributed by atoms with van der Waals surface area (Å²) >= 11 is 2.95. The van der Waals surface area contributed by atoms with Crippen molar-refractivity contribution in [2.24, 2.45) is 0 Å². The molecule has 0 radical (unpaired) electrons. The van der Waals surface area contributed by atoms with Crippen molar-refractivity contribution in [1.29, 1.82) is 0 Å². The Bertz CT molecular complexity index is 516. The molecule has 0 bridgehead atoms. The van der Waals surface area contributed by atoms with Gasteiger partial charge in [-0.3, -0.25) is 9.59 Å². The quantitative estimate of drug-likeness (QED) is 0.889. The lowest BCUT2D eigenvalue weighted by molar-refractivity contribution is -0.139. The Labute approximate surface area is 114 Å². The molecule has 0 aromatic heterocycles. The van der Waals surface area contributed by atoms with Gasteiger partial charge >= 0.3 is 12.1 Å². The second-order valence-corrected chi connectivity index (χ2v) is 4.58. The van der Waals surface area contributed by atoms with Gasteiger partial charge in [0.15, 0.2) is 0 Å². The minimum Gasteiger partial charge on any atom is -0.480 e. The number of nitrogens with one attached hydrogen (secondary N) is 1. The molecule has 0 aliphatic heterocycles. The van der Waals surface area contributed by atoms with Gasteiger partial charge in [-0.15, -0.1) is 0 Å². The normalized spacial score (nSPS) is 12.9. The first-order valence-corrected chi connectivity index (χ1v) is 5.82. The molecule has 0 aliphatic carbocycles. The summed E-state index contributed by atoms with van der Waals surface area (Å²) in [7, 11) is 0. The molecular weight excluding hydrogens is 331 g/mol. The third-order valence-electron chi connectivity index (χ3n) is 2.26. The Morgan fingerprint density at radius 3 is 2.42 bits per heavy atom. The van der Waals surface area contributed by atoms with E-state index in [1.807, 2.05) is 0 Å². The van der Waals surface area contributed by atoms with Gasteiger partial charge in [0.1, 0.15) is 6.04 Å². The van der Waals surface area contributed by atoms with Crippen LogP contribution in [0, 0.1) is 0 Å². The maximum Gasteiger partial charge on any atom is 0.416 e. The predicted octanol–water partition coefficient (Wildman–Crippen LogP) is 2.67. The molecule has 1 aromatic rings. The van der Waals surface area contributed by atoms with Crippen molar-refractivity contribution in [3.63, 3.8) is 0 Å². The van der Waals surface area contributed by atoms with Gasteiger partial charge in [0.2, 0.25) is 0 Å². The van der Waals surface area contributed by atoms with Gasteiger partial charge < -0.3 is 10.4 Å². The number of carboxylic acid groups (broad SMARTS) is 1. The number of amides is 1. The van der Waals surface area contributed by atoms with E-state index in [1.165, 1.54) is 6.92 Å². The van der Waals surface area contributed by atoms with E-state index < -0.39 is 29.7 Å². The van der Waals surface area contributed by atoms with Crippen LogP contribution < -0.4 is 5.32 Å². The van der Waals surface area contributed by atoms with Gasteiger partial charge in [-0.05, 0) is 41.1 Å². The fraction of sp³-hybridized carbons (Fsp3) is 0.273. The predicted molar refractivity (Wildman–Crippen MR) is 63.7 cm³/mol. The highest BCUT2D eigenvalue weighted by molar-refractivity contribution is 9.10. The summed E-state index contributed by atoms with van der Waals surface area (Å²) in [6, 6.07) is 1.37. The summed E-state index contributed by atoms with van der Waals surface area (Å²) in [6.07, 6.45) is -4.58. The van der Waals surface area contributed by atoms with Crippen LogP contribution in [-0.4, -0.2) is 23.0 Å². The zero-order valence-electron chi connectivity index (χ0n) is 9.58. The van der Waals surface area contributed by atoms with Crippen LogP contribution in [0.4, 0.5) is 13.2 Å². The molecule has 1 atom stereocenters. The number of alkyl halides is 3. The van der Waals surface area contributed by atoms with Crippen molar-refractivity contribution in [2.45, 2.75) is 19.1 Å².